The Balaban J connectivity index is 1.41. The van der Waals surface area contributed by atoms with Crippen molar-refractivity contribution in [2.24, 2.45) is 0 Å². The third-order valence-electron chi connectivity index (χ3n) is 5.56. The second-order valence-electron chi connectivity index (χ2n) is 7.93. The van der Waals surface area contributed by atoms with Crippen LogP contribution >= 0.6 is 0 Å². The van der Waals surface area contributed by atoms with Crippen LogP contribution in [0.4, 0.5) is 10.1 Å². The van der Waals surface area contributed by atoms with Crippen molar-refractivity contribution in [1.29, 1.82) is 0 Å². The quantitative estimate of drug-likeness (QED) is 0.569. The molecule has 0 fully saturated rings. The molecule has 0 spiro atoms. The predicted molar refractivity (Wildman–Crippen MR) is 124 cm³/mol. The van der Waals surface area contributed by atoms with E-state index in [1.807, 2.05) is 24.3 Å². The van der Waals surface area contributed by atoms with E-state index < -0.39 is 10.0 Å². The molecule has 1 heterocycles. The van der Waals surface area contributed by atoms with E-state index in [1.54, 1.807) is 31.2 Å². The van der Waals surface area contributed by atoms with Crippen molar-refractivity contribution in [3.05, 3.63) is 89.2 Å². The number of carbonyl (C=O) groups is 1. The molecule has 1 amide bonds. The summed E-state index contributed by atoms with van der Waals surface area (Å²) in [6.07, 6.45) is 1.63. The number of halogens is 1. The summed E-state index contributed by atoms with van der Waals surface area (Å²) in [4.78, 5) is 12.3. The van der Waals surface area contributed by atoms with Gasteiger partial charge in [-0.25, -0.2) is 12.8 Å². The Bertz CT molecular complexity index is 1260. The van der Waals surface area contributed by atoms with Crippen molar-refractivity contribution < 1.29 is 22.3 Å². The second kappa shape index (κ2) is 9.62. The van der Waals surface area contributed by atoms with Crippen LogP contribution in [0.3, 0.4) is 0 Å². The van der Waals surface area contributed by atoms with Crippen molar-refractivity contribution in [1.82, 2.24) is 5.32 Å². The zero-order chi connectivity index (χ0) is 23.4. The molecule has 1 aliphatic heterocycles. The third-order valence-corrected chi connectivity index (χ3v) is 7.37. The van der Waals surface area contributed by atoms with Gasteiger partial charge >= 0.3 is 0 Å². The van der Waals surface area contributed by atoms with Crippen molar-refractivity contribution >= 4 is 21.6 Å². The standard InChI is InChI=1S/C25H25FN2O4S/c1-18-15-22(33(30,31)28-14-4-6-20-5-2-3-7-23(20)28)12-13-24(18)32-17-25(29)27-16-19-8-10-21(26)11-9-19/h2-3,5,7-13,15H,4,6,14,16-17H2,1H3,(H,27,29). The first-order chi connectivity index (χ1) is 15.8. The number of hydrogen-bond donors (Lipinski definition) is 1. The highest BCUT2D eigenvalue weighted by Gasteiger charge is 2.29. The molecule has 0 saturated carbocycles. The molecule has 172 valence electrons. The first kappa shape index (κ1) is 22.8. The lowest BCUT2D eigenvalue weighted by Gasteiger charge is -2.30. The molecule has 0 radical (unpaired) electrons. The number of nitrogens with zero attached hydrogens (tertiary/aromatic N) is 1. The van der Waals surface area contributed by atoms with Gasteiger partial charge in [-0.05, 0) is 72.9 Å². The van der Waals surface area contributed by atoms with E-state index in [2.05, 4.69) is 5.32 Å². The molecule has 8 heteroatoms. The summed E-state index contributed by atoms with van der Waals surface area (Å²) in [7, 11) is -3.72. The Kier molecular flexibility index (Phi) is 6.65. The Labute approximate surface area is 193 Å². The fourth-order valence-electron chi connectivity index (χ4n) is 3.82. The van der Waals surface area contributed by atoms with Crippen LogP contribution in [0.2, 0.25) is 0 Å². The number of anilines is 1. The topological polar surface area (TPSA) is 75.7 Å². The second-order valence-corrected chi connectivity index (χ2v) is 9.79. The highest BCUT2D eigenvalue weighted by atomic mass is 32.2. The first-order valence-corrected chi connectivity index (χ1v) is 12.1. The summed E-state index contributed by atoms with van der Waals surface area (Å²) in [5, 5.41) is 2.71. The molecule has 4 rings (SSSR count). The van der Waals surface area contributed by atoms with Gasteiger partial charge < -0.3 is 10.1 Å². The molecular weight excluding hydrogens is 443 g/mol. The molecule has 3 aromatic rings. The minimum absolute atomic E-state index is 0.185. The van der Waals surface area contributed by atoms with Crippen LogP contribution in [-0.4, -0.2) is 27.5 Å². The summed E-state index contributed by atoms with van der Waals surface area (Å²) < 4.78 is 46.7. The van der Waals surface area contributed by atoms with E-state index in [-0.39, 0.29) is 29.8 Å². The minimum atomic E-state index is -3.72. The van der Waals surface area contributed by atoms with Crippen molar-refractivity contribution in [2.45, 2.75) is 31.2 Å². The zero-order valence-electron chi connectivity index (χ0n) is 18.3. The van der Waals surface area contributed by atoms with Gasteiger partial charge in [0.25, 0.3) is 15.9 Å². The van der Waals surface area contributed by atoms with Crippen LogP contribution in [-0.2, 0) is 27.8 Å². The Hall–Kier alpha value is -3.39. The van der Waals surface area contributed by atoms with E-state index in [0.29, 0.717) is 17.9 Å². The van der Waals surface area contributed by atoms with E-state index >= 15 is 0 Å². The van der Waals surface area contributed by atoms with Crippen LogP contribution in [0.1, 0.15) is 23.1 Å². The molecule has 1 N–H and O–H groups in total. The molecule has 33 heavy (non-hydrogen) atoms. The summed E-state index contributed by atoms with van der Waals surface area (Å²) in [6, 6.07) is 18.1. The lowest BCUT2D eigenvalue weighted by molar-refractivity contribution is -0.123. The van der Waals surface area contributed by atoms with Crippen LogP contribution in [0, 0.1) is 12.7 Å². The Morgan fingerprint density at radius 1 is 1.09 bits per heavy atom. The summed E-state index contributed by atoms with van der Waals surface area (Å²) >= 11 is 0. The van der Waals surface area contributed by atoms with Gasteiger partial charge in [-0.15, -0.1) is 0 Å². The smallest absolute Gasteiger partial charge is 0.264 e. The molecule has 3 aromatic carbocycles. The molecule has 0 saturated heterocycles. The molecule has 0 atom stereocenters. The first-order valence-electron chi connectivity index (χ1n) is 10.7. The number of para-hydroxylation sites is 1. The molecular formula is C25H25FN2O4S. The van der Waals surface area contributed by atoms with Gasteiger partial charge in [0.15, 0.2) is 6.61 Å². The van der Waals surface area contributed by atoms with Crippen molar-refractivity contribution in [2.75, 3.05) is 17.5 Å². The number of aryl methyl sites for hydroxylation is 2. The van der Waals surface area contributed by atoms with Crippen molar-refractivity contribution in [3.63, 3.8) is 0 Å². The molecule has 0 aliphatic carbocycles. The van der Waals surface area contributed by atoms with Crippen LogP contribution in [0.15, 0.2) is 71.6 Å². The van der Waals surface area contributed by atoms with Gasteiger partial charge in [0, 0.05) is 13.1 Å². The number of nitrogens with one attached hydrogen (secondary N) is 1. The lowest BCUT2D eigenvalue weighted by atomic mass is 10.0. The van der Waals surface area contributed by atoms with Gasteiger partial charge in [0.1, 0.15) is 11.6 Å². The van der Waals surface area contributed by atoms with Crippen molar-refractivity contribution in [3.8, 4) is 5.75 Å². The normalized spacial score (nSPS) is 13.3. The van der Waals surface area contributed by atoms with Gasteiger partial charge in [-0.3, -0.25) is 9.10 Å². The number of amides is 1. The van der Waals surface area contributed by atoms with Gasteiger partial charge in [-0.2, -0.15) is 0 Å². The maximum absolute atomic E-state index is 13.3. The molecule has 1 aliphatic rings. The van der Waals surface area contributed by atoms with Crippen LogP contribution in [0.5, 0.6) is 5.75 Å². The average Bonchev–Trinajstić information content (AvgIpc) is 2.82. The fourth-order valence-corrected chi connectivity index (χ4v) is 5.44. The number of hydrogen-bond acceptors (Lipinski definition) is 4. The Morgan fingerprint density at radius 2 is 1.85 bits per heavy atom. The monoisotopic (exact) mass is 468 g/mol. The summed E-state index contributed by atoms with van der Waals surface area (Å²) in [5.41, 5.74) is 3.14. The SMILES string of the molecule is Cc1cc(S(=O)(=O)N2CCCc3ccccc32)ccc1OCC(=O)NCc1ccc(F)cc1. The molecule has 0 unspecified atom stereocenters. The molecule has 6 nitrogen and oxygen atoms in total. The van der Waals surface area contributed by atoms with Crippen LogP contribution < -0.4 is 14.4 Å². The number of ether oxygens (including phenoxy) is 1. The van der Waals surface area contributed by atoms with Gasteiger partial charge in [0.2, 0.25) is 0 Å². The van der Waals surface area contributed by atoms with Crippen LogP contribution in [0.25, 0.3) is 0 Å². The lowest BCUT2D eigenvalue weighted by Crippen LogP contribution is -2.35. The fraction of sp³-hybridized carbons (Fsp3) is 0.240. The summed E-state index contributed by atoms with van der Waals surface area (Å²) in [6.45, 7) is 2.23. The third kappa shape index (κ3) is 5.17. The number of fused-ring (bicyclic) bond motifs is 1. The number of sulfonamides is 1. The van der Waals surface area contributed by atoms with Gasteiger partial charge in [0.05, 0.1) is 10.6 Å². The largest absolute Gasteiger partial charge is 0.484 e. The Morgan fingerprint density at radius 3 is 2.61 bits per heavy atom. The van der Waals surface area contributed by atoms with E-state index in [1.165, 1.54) is 22.5 Å². The number of benzene rings is 3. The average molecular weight is 469 g/mol. The summed E-state index contributed by atoms with van der Waals surface area (Å²) in [5.74, 6) is -0.232. The number of rotatable bonds is 7. The molecule has 0 bridgehead atoms. The molecule has 0 aromatic heterocycles. The highest BCUT2D eigenvalue weighted by molar-refractivity contribution is 7.92. The zero-order valence-corrected chi connectivity index (χ0v) is 19.1. The minimum Gasteiger partial charge on any atom is -0.484 e. The maximum Gasteiger partial charge on any atom is 0.264 e. The van der Waals surface area contributed by atoms with Gasteiger partial charge in [-0.1, -0.05) is 30.3 Å². The maximum atomic E-state index is 13.3. The predicted octanol–water partition coefficient (Wildman–Crippen LogP) is 3.97. The van der Waals surface area contributed by atoms with E-state index in [9.17, 15) is 17.6 Å². The van der Waals surface area contributed by atoms with E-state index in [4.69, 9.17) is 4.74 Å². The highest BCUT2D eigenvalue weighted by Crippen LogP contribution is 2.33. The number of carbonyl (C=O) groups excluding carboxylic acids is 1. The van der Waals surface area contributed by atoms with E-state index in [0.717, 1.165) is 29.7 Å².